The van der Waals surface area contributed by atoms with Crippen molar-refractivity contribution in [1.82, 2.24) is 4.57 Å². The standard InChI is InChI=1S/C35H33ClN2O4/c1-34(2,3)42-33(40)38-23-24(27-18-10-13-21-31(27)38)22-30(37)32(39)41-35(25-14-6-4-7-15-25,26-16-8-5-9-17-26)28-19-11-12-20-29(28)36/h4-21,23,30H,22,37H2,1-3H3/t30-/m0/s1. The Morgan fingerprint density at radius 2 is 1.33 bits per heavy atom. The fourth-order valence-corrected chi connectivity index (χ4v) is 5.43. The molecule has 214 valence electrons. The van der Waals surface area contributed by atoms with Gasteiger partial charge in [0.05, 0.1) is 5.52 Å². The number of hydrogen-bond donors (Lipinski definition) is 1. The summed E-state index contributed by atoms with van der Waals surface area (Å²) in [5.41, 5.74) is 8.01. The summed E-state index contributed by atoms with van der Waals surface area (Å²) in [7, 11) is 0. The molecule has 0 saturated heterocycles. The number of ether oxygens (including phenoxy) is 2. The Labute approximate surface area is 250 Å². The van der Waals surface area contributed by atoms with E-state index < -0.39 is 29.3 Å². The van der Waals surface area contributed by atoms with Crippen molar-refractivity contribution in [2.45, 2.75) is 44.4 Å². The summed E-state index contributed by atoms with van der Waals surface area (Å²) >= 11 is 6.78. The number of carbonyl (C=O) groups is 2. The van der Waals surface area contributed by atoms with Crippen LogP contribution >= 0.6 is 11.6 Å². The zero-order valence-corrected chi connectivity index (χ0v) is 24.5. The second kappa shape index (κ2) is 11.8. The first-order valence-electron chi connectivity index (χ1n) is 13.8. The number of carbonyl (C=O) groups excluding carboxylic acids is 2. The van der Waals surface area contributed by atoms with Gasteiger partial charge in [0.2, 0.25) is 0 Å². The molecule has 42 heavy (non-hydrogen) atoms. The molecule has 2 N–H and O–H groups in total. The molecule has 0 saturated carbocycles. The predicted octanol–water partition coefficient (Wildman–Crippen LogP) is 7.48. The first-order valence-corrected chi connectivity index (χ1v) is 14.1. The highest BCUT2D eigenvalue weighted by molar-refractivity contribution is 6.31. The molecule has 0 amide bonds. The molecule has 1 heterocycles. The number of fused-ring (bicyclic) bond motifs is 1. The number of rotatable bonds is 7. The Kier molecular flexibility index (Phi) is 8.21. The zero-order valence-electron chi connectivity index (χ0n) is 23.8. The van der Waals surface area contributed by atoms with Gasteiger partial charge in [0.25, 0.3) is 0 Å². The van der Waals surface area contributed by atoms with E-state index in [1.807, 2.05) is 124 Å². The second-order valence-corrected chi connectivity index (χ2v) is 11.6. The topological polar surface area (TPSA) is 83.5 Å². The third kappa shape index (κ3) is 5.82. The van der Waals surface area contributed by atoms with Gasteiger partial charge in [-0.1, -0.05) is 109 Å². The lowest BCUT2D eigenvalue weighted by molar-refractivity contribution is -0.155. The third-order valence-electron chi connectivity index (χ3n) is 6.99. The summed E-state index contributed by atoms with van der Waals surface area (Å²) in [4.78, 5) is 27.0. The van der Waals surface area contributed by atoms with Gasteiger partial charge in [-0.2, -0.15) is 0 Å². The van der Waals surface area contributed by atoms with Gasteiger partial charge < -0.3 is 15.2 Å². The van der Waals surface area contributed by atoms with Crippen molar-refractivity contribution < 1.29 is 19.1 Å². The van der Waals surface area contributed by atoms with Crippen LogP contribution in [0.2, 0.25) is 5.02 Å². The van der Waals surface area contributed by atoms with Crippen LogP contribution in [0.5, 0.6) is 0 Å². The van der Waals surface area contributed by atoms with Crippen LogP contribution in [0.1, 0.15) is 43.0 Å². The Balaban J connectivity index is 1.55. The van der Waals surface area contributed by atoms with Gasteiger partial charge in [-0.05, 0) is 38.5 Å². The normalized spacial score (nSPS) is 12.6. The Hall–Kier alpha value is -4.39. The molecule has 4 aromatic carbocycles. The maximum absolute atomic E-state index is 14.0. The van der Waals surface area contributed by atoms with Crippen molar-refractivity contribution in [3.8, 4) is 0 Å². The van der Waals surface area contributed by atoms with Gasteiger partial charge in [0.15, 0.2) is 5.60 Å². The van der Waals surface area contributed by atoms with Gasteiger partial charge in [-0.3, -0.25) is 9.36 Å². The molecule has 0 fully saturated rings. The number of para-hydroxylation sites is 1. The van der Waals surface area contributed by atoms with E-state index in [1.165, 1.54) is 4.57 Å². The quantitative estimate of drug-likeness (QED) is 0.159. The molecule has 0 radical (unpaired) electrons. The van der Waals surface area contributed by atoms with Gasteiger partial charge in [0, 0.05) is 39.7 Å². The molecule has 0 bridgehead atoms. The molecule has 0 aliphatic heterocycles. The molecule has 5 rings (SSSR count). The van der Waals surface area contributed by atoms with E-state index in [1.54, 1.807) is 12.3 Å². The summed E-state index contributed by atoms with van der Waals surface area (Å²) in [6.07, 6.45) is 1.31. The average Bonchev–Trinajstić information content (AvgIpc) is 3.35. The van der Waals surface area contributed by atoms with Crippen molar-refractivity contribution in [1.29, 1.82) is 0 Å². The number of nitrogens with zero attached hydrogens (tertiary/aromatic N) is 1. The minimum atomic E-state index is -1.36. The van der Waals surface area contributed by atoms with Crippen molar-refractivity contribution >= 4 is 34.6 Å². The Bertz CT molecular complexity index is 1670. The van der Waals surface area contributed by atoms with E-state index in [0.29, 0.717) is 16.1 Å². The van der Waals surface area contributed by atoms with Crippen LogP contribution in [0.25, 0.3) is 10.9 Å². The maximum atomic E-state index is 14.0. The van der Waals surface area contributed by atoms with Gasteiger partial charge in [0.1, 0.15) is 11.6 Å². The number of benzene rings is 4. The fourth-order valence-electron chi connectivity index (χ4n) is 5.16. The average molecular weight is 581 g/mol. The lowest BCUT2D eigenvalue weighted by Gasteiger charge is -2.36. The van der Waals surface area contributed by atoms with Crippen LogP contribution in [-0.4, -0.2) is 28.3 Å². The highest BCUT2D eigenvalue weighted by Gasteiger charge is 2.43. The van der Waals surface area contributed by atoms with Gasteiger partial charge in [-0.15, -0.1) is 0 Å². The smallest absolute Gasteiger partial charge is 0.419 e. The van der Waals surface area contributed by atoms with Crippen molar-refractivity contribution in [2.75, 3.05) is 0 Å². The van der Waals surface area contributed by atoms with Crippen molar-refractivity contribution in [3.63, 3.8) is 0 Å². The van der Waals surface area contributed by atoms with Crippen LogP contribution in [0.15, 0.2) is 115 Å². The Morgan fingerprint density at radius 1 is 0.786 bits per heavy atom. The first-order chi connectivity index (χ1) is 20.1. The van der Waals surface area contributed by atoms with Gasteiger partial charge >= 0.3 is 12.1 Å². The predicted molar refractivity (Wildman–Crippen MR) is 166 cm³/mol. The number of esters is 1. The minimum Gasteiger partial charge on any atom is -0.443 e. The molecule has 0 spiro atoms. The first kappa shape index (κ1) is 29.1. The van der Waals surface area contributed by atoms with Crippen LogP contribution in [0.3, 0.4) is 0 Å². The second-order valence-electron chi connectivity index (χ2n) is 11.1. The third-order valence-corrected chi connectivity index (χ3v) is 7.32. The molecule has 1 atom stereocenters. The molecule has 6 nitrogen and oxygen atoms in total. The Morgan fingerprint density at radius 3 is 1.93 bits per heavy atom. The van der Waals surface area contributed by atoms with Gasteiger partial charge in [-0.25, -0.2) is 4.79 Å². The molecule has 1 aromatic heterocycles. The van der Waals surface area contributed by atoms with E-state index >= 15 is 0 Å². The monoisotopic (exact) mass is 580 g/mol. The molecule has 7 heteroatoms. The summed E-state index contributed by atoms with van der Waals surface area (Å²) in [5, 5.41) is 1.25. The molecule has 5 aromatic rings. The van der Waals surface area contributed by atoms with E-state index in [9.17, 15) is 9.59 Å². The molecule has 0 unspecified atom stereocenters. The molecular formula is C35H33ClN2O4. The van der Waals surface area contributed by atoms with Crippen LogP contribution < -0.4 is 5.73 Å². The fraction of sp³-hybridized carbons (Fsp3) is 0.200. The summed E-state index contributed by atoms with van der Waals surface area (Å²) in [5.74, 6) is -0.614. The van der Waals surface area contributed by atoms with E-state index in [0.717, 1.165) is 22.1 Å². The van der Waals surface area contributed by atoms with E-state index in [4.69, 9.17) is 26.8 Å². The van der Waals surface area contributed by atoms with Crippen molar-refractivity contribution in [2.24, 2.45) is 5.73 Å². The largest absolute Gasteiger partial charge is 0.443 e. The molecule has 0 aliphatic rings. The zero-order chi connectivity index (χ0) is 29.9. The lowest BCUT2D eigenvalue weighted by Crippen LogP contribution is -2.43. The highest BCUT2D eigenvalue weighted by atomic mass is 35.5. The molecule has 0 aliphatic carbocycles. The lowest BCUT2D eigenvalue weighted by atomic mass is 9.80. The highest BCUT2D eigenvalue weighted by Crippen LogP contribution is 2.43. The summed E-state index contributed by atoms with van der Waals surface area (Å²) in [6, 6.07) is 32.7. The van der Waals surface area contributed by atoms with Crippen molar-refractivity contribution in [3.05, 3.63) is 143 Å². The maximum Gasteiger partial charge on any atom is 0.419 e. The van der Waals surface area contributed by atoms with Crippen LogP contribution in [0, 0.1) is 0 Å². The number of nitrogens with two attached hydrogens (primary N) is 1. The number of aromatic nitrogens is 1. The number of hydrogen-bond acceptors (Lipinski definition) is 5. The van der Waals surface area contributed by atoms with E-state index in [-0.39, 0.29) is 6.42 Å². The van der Waals surface area contributed by atoms with Crippen LogP contribution in [-0.2, 0) is 26.3 Å². The minimum absolute atomic E-state index is 0.136. The summed E-state index contributed by atoms with van der Waals surface area (Å²) < 4.78 is 13.6. The van der Waals surface area contributed by atoms with Crippen LogP contribution in [0.4, 0.5) is 4.79 Å². The molecular weight excluding hydrogens is 548 g/mol. The summed E-state index contributed by atoms with van der Waals surface area (Å²) in [6.45, 7) is 5.44. The SMILES string of the molecule is CC(C)(C)OC(=O)n1cc(C[C@H](N)C(=O)OC(c2ccccc2)(c2ccccc2)c2ccccc2Cl)c2ccccc21. The number of halogens is 1. The van der Waals surface area contributed by atoms with E-state index in [2.05, 4.69) is 0 Å².